The smallest absolute Gasteiger partial charge is 0.354 e. The lowest BCUT2D eigenvalue weighted by molar-refractivity contribution is 0.0687. The minimum absolute atomic E-state index is 0.135. The highest BCUT2D eigenvalue weighted by molar-refractivity contribution is 5.88. The molecule has 0 aliphatic carbocycles. The Morgan fingerprint density at radius 1 is 1.14 bits per heavy atom. The molecular formula is C16H13N3O2. The van der Waals surface area contributed by atoms with Gasteiger partial charge < -0.3 is 5.11 Å². The van der Waals surface area contributed by atoms with E-state index in [1.54, 1.807) is 30.6 Å². The number of hydrogen-bond donors (Lipinski definition) is 1. The third-order valence-corrected chi connectivity index (χ3v) is 3.25. The predicted octanol–water partition coefficient (Wildman–Crippen LogP) is 2.94. The molecule has 0 aliphatic rings. The van der Waals surface area contributed by atoms with E-state index in [4.69, 9.17) is 0 Å². The molecule has 0 amide bonds. The van der Waals surface area contributed by atoms with Gasteiger partial charge >= 0.3 is 5.97 Å². The Hall–Kier alpha value is -2.95. The van der Waals surface area contributed by atoms with Gasteiger partial charge in [-0.2, -0.15) is 5.10 Å². The van der Waals surface area contributed by atoms with Crippen molar-refractivity contribution in [1.29, 1.82) is 0 Å². The second kappa shape index (κ2) is 5.20. The van der Waals surface area contributed by atoms with Crippen molar-refractivity contribution >= 4 is 5.97 Å². The van der Waals surface area contributed by atoms with Gasteiger partial charge in [0.25, 0.3) is 0 Å². The number of aryl methyl sites for hydroxylation is 1. The quantitative estimate of drug-likeness (QED) is 0.800. The largest absolute Gasteiger partial charge is 0.477 e. The van der Waals surface area contributed by atoms with Crippen LogP contribution in [0.1, 0.15) is 16.1 Å². The first-order valence-corrected chi connectivity index (χ1v) is 6.46. The molecule has 0 spiro atoms. The summed E-state index contributed by atoms with van der Waals surface area (Å²) in [5.74, 6) is -1.01. The van der Waals surface area contributed by atoms with E-state index in [9.17, 15) is 9.90 Å². The summed E-state index contributed by atoms with van der Waals surface area (Å²) >= 11 is 0. The average Bonchev–Trinajstić information content (AvgIpc) is 2.94. The van der Waals surface area contributed by atoms with Crippen LogP contribution < -0.4 is 0 Å². The Morgan fingerprint density at radius 2 is 1.86 bits per heavy atom. The summed E-state index contributed by atoms with van der Waals surface area (Å²) in [5.41, 5.74) is 3.30. The van der Waals surface area contributed by atoms with Gasteiger partial charge in [0, 0.05) is 18.0 Å². The fourth-order valence-electron chi connectivity index (χ4n) is 2.18. The van der Waals surface area contributed by atoms with Crippen molar-refractivity contribution in [2.45, 2.75) is 6.92 Å². The normalized spacial score (nSPS) is 10.5. The number of aromatic carboxylic acids is 1. The van der Waals surface area contributed by atoms with E-state index < -0.39 is 5.97 Å². The zero-order chi connectivity index (χ0) is 14.8. The molecule has 0 bridgehead atoms. The van der Waals surface area contributed by atoms with Crippen LogP contribution in [0.15, 0.2) is 54.9 Å². The lowest BCUT2D eigenvalue weighted by atomic mass is 10.2. The lowest BCUT2D eigenvalue weighted by Crippen LogP contribution is -2.08. The maximum absolute atomic E-state index is 11.5. The van der Waals surface area contributed by atoms with E-state index in [-0.39, 0.29) is 5.69 Å². The van der Waals surface area contributed by atoms with Gasteiger partial charge in [-0.3, -0.25) is 4.98 Å². The molecular weight excluding hydrogens is 266 g/mol. The summed E-state index contributed by atoms with van der Waals surface area (Å²) in [5, 5.41) is 13.8. The summed E-state index contributed by atoms with van der Waals surface area (Å²) in [7, 11) is 0. The monoisotopic (exact) mass is 279 g/mol. The van der Waals surface area contributed by atoms with Crippen molar-refractivity contribution in [1.82, 2.24) is 14.8 Å². The number of carboxylic acids is 1. The molecule has 21 heavy (non-hydrogen) atoms. The fraction of sp³-hybridized carbons (Fsp3) is 0.0625. The van der Waals surface area contributed by atoms with Crippen molar-refractivity contribution in [2.75, 3.05) is 0 Å². The second-order valence-electron chi connectivity index (χ2n) is 4.65. The average molecular weight is 279 g/mol. The number of carbonyl (C=O) groups is 1. The highest BCUT2D eigenvalue weighted by atomic mass is 16.4. The summed E-state index contributed by atoms with van der Waals surface area (Å²) in [6.45, 7) is 1.93. The van der Waals surface area contributed by atoms with Crippen molar-refractivity contribution < 1.29 is 9.90 Å². The fourth-order valence-corrected chi connectivity index (χ4v) is 2.18. The van der Waals surface area contributed by atoms with E-state index in [2.05, 4.69) is 10.1 Å². The number of nitrogens with zero attached hydrogens (tertiary/aromatic N) is 3. The molecule has 3 aromatic rings. The van der Waals surface area contributed by atoms with Crippen molar-refractivity contribution in [2.24, 2.45) is 0 Å². The number of para-hydroxylation sites is 1. The van der Waals surface area contributed by atoms with Gasteiger partial charge in [-0.05, 0) is 36.8 Å². The Kier molecular flexibility index (Phi) is 3.23. The van der Waals surface area contributed by atoms with Gasteiger partial charge in [0.1, 0.15) is 0 Å². The number of rotatable bonds is 3. The molecule has 1 N–H and O–H groups in total. The van der Waals surface area contributed by atoms with Crippen LogP contribution in [0.5, 0.6) is 0 Å². The predicted molar refractivity (Wildman–Crippen MR) is 78.5 cm³/mol. The molecule has 5 nitrogen and oxygen atoms in total. The SMILES string of the molecule is Cc1ccccc1-n1nc(-c2ccncc2)cc1C(=O)O. The minimum Gasteiger partial charge on any atom is -0.477 e. The lowest BCUT2D eigenvalue weighted by Gasteiger charge is -2.07. The van der Waals surface area contributed by atoms with Gasteiger partial charge in [-0.15, -0.1) is 0 Å². The molecule has 5 heteroatoms. The van der Waals surface area contributed by atoms with Gasteiger partial charge in [-0.1, -0.05) is 18.2 Å². The van der Waals surface area contributed by atoms with Crippen LogP contribution >= 0.6 is 0 Å². The number of pyridine rings is 1. The molecule has 3 rings (SSSR count). The van der Waals surface area contributed by atoms with Crippen LogP contribution in [-0.2, 0) is 0 Å². The molecule has 0 saturated carbocycles. The topological polar surface area (TPSA) is 68.0 Å². The molecule has 104 valence electrons. The number of benzene rings is 1. The van der Waals surface area contributed by atoms with Crippen LogP contribution in [0.4, 0.5) is 0 Å². The number of hydrogen-bond acceptors (Lipinski definition) is 3. The van der Waals surface area contributed by atoms with Crippen LogP contribution in [0.2, 0.25) is 0 Å². The highest BCUT2D eigenvalue weighted by Gasteiger charge is 2.17. The molecule has 0 saturated heterocycles. The van der Waals surface area contributed by atoms with Crippen LogP contribution in [0, 0.1) is 6.92 Å². The van der Waals surface area contributed by atoms with Crippen LogP contribution in [-0.4, -0.2) is 25.8 Å². The molecule has 2 aromatic heterocycles. The van der Waals surface area contributed by atoms with Crippen LogP contribution in [0.3, 0.4) is 0 Å². The van der Waals surface area contributed by atoms with Gasteiger partial charge in [0.2, 0.25) is 0 Å². The van der Waals surface area contributed by atoms with Crippen molar-refractivity contribution in [3.8, 4) is 16.9 Å². The first-order chi connectivity index (χ1) is 10.2. The molecule has 1 aromatic carbocycles. The van der Waals surface area contributed by atoms with E-state index in [1.165, 1.54) is 4.68 Å². The Labute approximate surface area is 121 Å². The summed E-state index contributed by atoms with van der Waals surface area (Å²) < 4.78 is 1.47. The molecule has 0 radical (unpaired) electrons. The van der Waals surface area contributed by atoms with E-state index in [0.29, 0.717) is 5.69 Å². The zero-order valence-electron chi connectivity index (χ0n) is 11.4. The van der Waals surface area contributed by atoms with E-state index in [1.807, 2.05) is 31.2 Å². The third kappa shape index (κ3) is 2.41. The maximum atomic E-state index is 11.5. The van der Waals surface area contributed by atoms with Gasteiger partial charge in [-0.25, -0.2) is 9.48 Å². The van der Waals surface area contributed by atoms with E-state index >= 15 is 0 Å². The summed E-state index contributed by atoms with van der Waals surface area (Å²) in [4.78, 5) is 15.4. The van der Waals surface area contributed by atoms with Gasteiger partial charge in [0.05, 0.1) is 11.4 Å². The third-order valence-electron chi connectivity index (χ3n) is 3.25. The van der Waals surface area contributed by atoms with Crippen LogP contribution in [0.25, 0.3) is 16.9 Å². The summed E-state index contributed by atoms with van der Waals surface area (Å²) in [6.07, 6.45) is 3.31. The molecule has 0 atom stereocenters. The van der Waals surface area contributed by atoms with Crippen molar-refractivity contribution in [3.63, 3.8) is 0 Å². The number of carboxylic acid groups (broad SMARTS) is 1. The minimum atomic E-state index is -1.01. The molecule has 0 aliphatic heterocycles. The molecule has 0 fully saturated rings. The van der Waals surface area contributed by atoms with Crippen molar-refractivity contribution in [3.05, 3.63) is 66.1 Å². The standard InChI is InChI=1S/C16H13N3O2/c1-11-4-2-3-5-14(11)19-15(16(20)21)10-13(18-19)12-6-8-17-9-7-12/h2-10H,1H3,(H,20,21). The van der Waals surface area contributed by atoms with Gasteiger partial charge in [0.15, 0.2) is 5.69 Å². The number of aromatic nitrogens is 3. The Bertz CT molecular complexity index is 794. The second-order valence-corrected chi connectivity index (χ2v) is 4.65. The Morgan fingerprint density at radius 3 is 2.52 bits per heavy atom. The molecule has 0 unspecified atom stereocenters. The maximum Gasteiger partial charge on any atom is 0.354 e. The Balaban J connectivity index is 2.19. The zero-order valence-corrected chi connectivity index (χ0v) is 11.4. The first kappa shape index (κ1) is 13.1. The highest BCUT2D eigenvalue weighted by Crippen LogP contribution is 2.22. The summed E-state index contributed by atoms with van der Waals surface area (Å²) in [6, 6.07) is 12.7. The molecule has 2 heterocycles. The van der Waals surface area contributed by atoms with E-state index in [0.717, 1.165) is 16.8 Å². The first-order valence-electron chi connectivity index (χ1n) is 6.46.